The summed E-state index contributed by atoms with van der Waals surface area (Å²) in [6, 6.07) is 12.8. The summed E-state index contributed by atoms with van der Waals surface area (Å²) >= 11 is 1.60. The summed E-state index contributed by atoms with van der Waals surface area (Å²) < 4.78 is 27.0. The SMILES string of the molecule is COc1cc(F)cc(C(OC2CCN(C)CC2)c2nc3ccccc3s2)c1. The Morgan fingerprint density at radius 1 is 1.19 bits per heavy atom. The second kappa shape index (κ2) is 7.92. The molecular weight excluding hydrogens is 363 g/mol. The highest BCUT2D eigenvalue weighted by molar-refractivity contribution is 7.18. The van der Waals surface area contributed by atoms with Crippen LogP contribution in [-0.2, 0) is 4.74 Å². The van der Waals surface area contributed by atoms with Gasteiger partial charge in [0.1, 0.15) is 22.7 Å². The molecule has 1 fully saturated rings. The average molecular weight is 386 g/mol. The Morgan fingerprint density at radius 3 is 2.70 bits per heavy atom. The zero-order chi connectivity index (χ0) is 18.8. The Hall–Kier alpha value is -2.02. The van der Waals surface area contributed by atoms with Crippen molar-refractivity contribution < 1.29 is 13.9 Å². The number of hydrogen-bond acceptors (Lipinski definition) is 5. The van der Waals surface area contributed by atoms with Crippen LogP contribution in [0.25, 0.3) is 10.2 Å². The number of halogens is 1. The van der Waals surface area contributed by atoms with Crippen LogP contribution in [0.2, 0.25) is 0 Å². The molecule has 4 nitrogen and oxygen atoms in total. The third-order valence-electron chi connectivity index (χ3n) is 4.96. The molecule has 0 amide bonds. The van der Waals surface area contributed by atoms with Crippen molar-refractivity contribution in [2.45, 2.75) is 25.0 Å². The molecule has 0 N–H and O–H groups in total. The third-order valence-corrected chi connectivity index (χ3v) is 6.04. The topological polar surface area (TPSA) is 34.6 Å². The van der Waals surface area contributed by atoms with E-state index in [1.165, 1.54) is 12.1 Å². The Morgan fingerprint density at radius 2 is 1.96 bits per heavy atom. The quantitative estimate of drug-likeness (QED) is 0.640. The molecule has 0 radical (unpaired) electrons. The third kappa shape index (κ3) is 4.13. The summed E-state index contributed by atoms with van der Waals surface area (Å²) in [5.74, 6) is 0.158. The molecule has 4 rings (SSSR count). The van der Waals surface area contributed by atoms with E-state index in [-0.39, 0.29) is 11.9 Å². The number of methoxy groups -OCH3 is 1. The van der Waals surface area contributed by atoms with Gasteiger partial charge in [0.05, 0.1) is 23.4 Å². The fourth-order valence-corrected chi connectivity index (χ4v) is 4.48. The molecule has 27 heavy (non-hydrogen) atoms. The zero-order valence-electron chi connectivity index (χ0n) is 15.5. The molecule has 6 heteroatoms. The molecular formula is C21H23FN2O2S. The molecule has 2 heterocycles. The lowest BCUT2D eigenvalue weighted by Gasteiger charge is -2.31. The Labute approximate surface area is 162 Å². The number of benzene rings is 2. The first-order chi connectivity index (χ1) is 13.1. The van der Waals surface area contributed by atoms with Crippen molar-refractivity contribution in [3.63, 3.8) is 0 Å². The van der Waals surface area contributed by atoms with Gasteiger partial charge in [0.15, 0.2) is 0 Å². The van der Waals surface area contributed by atoms with E-state index < -0.39 is 6.10 Å². The van der Waals surface area contributed by atoms with Crippen LogP contribution in [0.1, 0.15) is 29.5 Å². The number of rotatable bonds is 5. The summed E-state index contributed by atoms with van der Waals surface area (Å²) in [6.45, 7) is 2.01. The van der Waals surface area contributed by atoms with Crippen molar-refractivity contribution in [2.75, 3.05) is 27.2 Å². The molecule has 3 aromatic rings. The van der Waals surface area contributed by atoms with Gasteiger partial charge in [-0.3, -0.25) is 0 Å². The number of likely N-dealkylation sites (tertiary alicyclic amines) is 1. The zero-order valence-corrected chi connectivity index (χ0v) is 16.3. The van der Waals surface area contributed by atoms with E-state index in [0.717, 1.165) is 46.7 Å². The number of aromatic nitrogens is 1. The monoisotopic (exact) mass is 386 g/mol. The van der Waals surface area contributed by atoms with E-state index in [4.69, 9.17) is 14.5 Å². The number of nitrogens with zero attached hydrogens (tertiary/aromatic N) is 2. The average Bonchev–Trinajstić information content (AvgIpc) is 3.10. The predicted octanol–water partition coefficient (Wildman–Crippen LogP) is 4.64. The molecule has 0 aliphatic carbocycles. The number of para-hydroxylation sites is 1. The lowest BCUT2D eigenvalue weighted by molar-refractivity contribution is -0.0236. The van der Waals surface area contributed by atoms with E-state index in [9.17, 15) is 4.39 Å². The van der Waals surface area contributed by atoms with Crippen LogP contribution in [-0.4, -0.2) is 43.2 Å². The molecule has 0 spiro atoms. The molecule has 1 aliphatic heterocycles. The highest BCUT2D eigenvalue weighted by Crippen LogP contribution is 2.36. The number of ether oxygens (including phenoxy) is 2. The maximum Gasteiger partial charge on any atom is 0.135 e. The fourth-order valence-electron chi connectivity index (χ4n) is 3.45. The number of hydrogen-bond donors (Lipinski definition) is 0. The van der Waals surface area contributed by atoms with Gasteiger partial charge in [0.2, 0.25) is 0 Å². The lowest BCUT2D eigenvalue weighted by atomic mass is 10.1. The molecule has 1 atom stereocenters. The minimum Gasteiger partial charge on any atom is -0.497 e. The Bertz CT molecular complexity index is 888. The molecule has 1 unspecified atom stereocenters. The van der Waals surface area contributed by atoms with E-state index in [1.807, 2.05) is 24.3 Å². The van der Waals surface area contributed by atoms with Gasteiger partial charge in [-0.25, -0.2) is 9.37 Å². The van der Waals surface area contributed by atoms with Gasteiger partial charge < -0.3 is 14.4 Å². The maximum atomic E-state index is 14.2. The van der Waals surface area contributed by atoms with Gasteiger partial charge in [-0.05, 0) is 49.7 Å². The highest BCUT2D eigenvalue weighted by atomic mass is 32.1. The summed E-state index contributed by atoms with van der Waals surface area (Å²) in [6.07, 6.45) is 1.65. The molecule has 1 aliphatic rings. The van der Waals surface area contributed by atoms with E-state index in [0.29, 0.717) is 5.75 Å². The molecule has 0 saturated carbocycles. The van der Waals surface area contributed by atoms with Crippen LogP contribution in [0.5, 0.6) is 5.75 Å². The van der Waals surface area contributed by atoms with Crippen molar-refractivity contribution in [1.82, 2.24) is 9.88 Å². The van der Waals surface area contributed by atoms with Crippen LogP contribution in [0.3, 0.4) is 0 Å². The molecule has 0 bridgehead atoms. The van der Waals surface area contributed by atoms with Crippen molar-refractivity contribution in [2.24, 2.45) is 0 Å². The van der Waals surface area contributed by atoms with Crippen LogP contribution in [0, 0.1) is 5.82 Å². The van der Waals surface area contributed by atoms with Crippen molar-refractivity contribution in [3.05, 3.63) is 58.9 Å². The fraction of sp³-hybridized carbons (Fsp3) is 0.381. The van der Waals surface area contributed by atoms with Crippen LogP contribution < -0.4 is 4.74 Å². The minimum absolute atomic E-state index is 0.132. The number of thiazole rings is 1. The van der Waals surface area contributed by atoms with Gasteiger partial charge in [-0.1, -0.05) is 12.1 Å². The second-order valence-corrected chi connectivity index (χ2v) is 8.03. The van der Waals surface area contributed by atoms with Crippen LogP contribution in [0.4, 0.5) is 4.39 Å². The van der Waals surface area contributed by atoms with Crippen molar-refractivity contribution >= 4 is 21.6 Å². The number of fused-ring (bicyclic) bond motifs is 1. The first-order valence-corrected chi connectivity index (χ1v) is 9.98. The normalized spacial score (nSPS) is 17.3. The molecule has 1 aromatic heterocycles. The van der Waals surface area contributed by atoms with E-state index in [1.54, 1.807) is 18.4 Å². The first-order valence-electron chi connectivity index (χ1n) is 9.16. The molecule has 2 aromatic carbocycles. The lowest BCUT2D eigenvalue weighted by Crippen LogP contribution is -2.35. The first kappa shape index (κ1) is 18.3. The van der Waals surface area contributed by atoms with Crippen molar-refractivity contribution in [1.29, 1.82) is 0 Å². The maximum absolute atomic E-state index is 14.2. The summed E-state index contributed by atoms with van der Waals surface area (Å²) in [7, 11) is 3.67. The summed E-state index contributed by atoms with van der Waals surface area (Å²) in [5.41, 5.74) is 1.68. The Balaban J connectivity index is 1.71. The number of piperidine rings is 1. The molecule has 1 saturated heterocycles. The van der Waals surface area contributed by atoms with Crippen molar-refractivity contribution in [3.8, 4) is 5.75 Å². The summed E-state index contributed by atoms with van der Waals surface area (Å²) in [5, 5.41) is 0.850. The van der Waals surface area contributed by atoms with Crippen LogP contribution >= 0.6 is 11.3 Å². The van der Waals surface area contributed by atoms with Gasteiger partial charge in [0.25, 0.3) is 0 Å². The predicted molar refractivity (Wildman–Crippen MR) is 106 cm³/mol. The van der Waals surface area contributed by atoms with Gasteiger partial charge in [0, 0.05) is 19.2 Å². The van der Waals surface area contributed by atoms with Gasteiger partial charge >= 0.3 is 0 Å². The molecule has 142 valence electrons. The Kier molecular flexibility index (Phi) is 5.38. The van der Waals surface area contributed by atoms with E-state index >= 15 is 0 Å². The highest BCUT2D eigenvalue weighted by Gasteiger charge is 2.26. The van der Waals surface area contributed by atoms with Gasteiger partial charge in [-0.15, -0.1) is 11.3 Å². The van der Waals surface area contributed by atoms with E-state index in [2.05, 4.69) is 18.0 Å². The smallest absolute Gasteiger partial charge is 0.135 e. The summed E-state index contributed by atoms with van der Waals surface area (Å²) in [4.78, 5) is 7.08. The standard InChI is InChI=1S/C21H23FN2O2S/c1-24-9-7-16(8-10-24)26-20(14-11-15(22)13-17(12-14)25-2)21-23-18-5-3-4-6-19(18)27-21/h3-6,11-13,16,20H,7-10H2,1-2H3. The largest absolute Gasteiger partial charge is 0.497 e. The minimum atomic E-state index is -0.402. The second-order valence-electron chi connectivity index (χ2n) is 6.96. The van der Waals surface area contributed by atoms with Crippen LogP contribution in [0.15, 0.2) is 42.5 Å². The van der Waals surface area contributed by atoms with Gasteiger partial charge in [-0.2, -0.15) is 0 Å².